The van der Waals surface area contributed by atoms with E-state index in [0.717, 1.165) is 12.1 Å². The summed E-state index contributed by atoms with van der Waals surface area (Å²) in [5.74, 6) is 5.93. The van der Waals surface area contributed by atoms with Gasteiger partial charge in [0, 0.05) is 31.2 Å². The lowest BCUT2D eigenvalue weighted by atomic mass is 9.84. The van der Waals surface area contributed by atoms with Gasteiger partial charge in [0.15, 0.2) is 0 Å². The summed E-state index contributed by atoms with van der Waals surface area (Å²) in [7, 11) is 1.91. The van der Waals surface area contributed by atoms with Crippen molar-refractivity contribution in [2.24, 2.45) is 12.9 Å². The Hall–Kier alpha value is -0.980. The topological polar surface area (TPSA) is 72.0 Å². The molecule has 20 heavy (non-hydrogen) atoms. The van der Waals surface area contributed by atoms with E-state index in [1.807, 2.05) is 13.2 Å². The number of aromatic nitrogens is 3. The summed E-state index contributed by atoms with van der Waals surface area (Å²) in [6.45, 7) is 2.44. The number of hydrazine groups is 1. The molecule has 1 aliphatic carbocycles. The number of nitrogens with two attached hydrogens (primary N) is 1. The highest BCUT2D eigenvalue weighted by Gasteiger charge is 2.46. The molecule has 0 radical (unpaired) electrons. The Morgan fingerprint density at radius 3 is 2.55 bits per heavy atom. The summed E-state index contributed by atoms with van der Waals surface area (Å²) >= 11 is 0. The molecular weight excluding hydrogens is 252 g/mol. The second-order valence-electron chi connectivity index (χ2n) is 6.31. The largest absolute Gasteiger partial charge is 0.296 e. The van der Waals surface area contributed by atoms with Gasteiger partial charge in [-0.2, -0.15) is 0 Å². The van der Waals surface area contributed by atoms with Gasteiger partial charge in [-0.3, -0.25) is 20.9 Å². The standard InChI is InChI=1S/C14H26N6/c1-19-11-12(17-18-19)10-13(16-15)14(6-2-3-7-14)20-8-4-5-9-20/h11,13,16H,2-10,15H2,1H3. The minimum atomic E-state index is 0.225. The third kappa shape index (κ3) is 2.47. The van der Waals surface area contributed by atoms with Crippen molar-refractivity contribution < 1.29 is 0 Å². The first kappa shape index (κ1) is 14.0. The molecule has 6 heteroatoms. The lowest BCUT2D eigenvalue weighted by Gasteiger charge is -2.44. The Bertz CT molecular complexity index is 431. The van der Waals surface area contributed by atoms with Crippen LogP contribution in [0.2, 0.25) is 0 Å². The number of aryl methyl sites for hydroxylation is 1. The summed E-state index contributed by atoms with van der Waals surface area (Å²) < 4.78 is 1.76. The SMILES string of the molecule is Cn1cc(CC(NN)C2(N3CCCC3)CCCC2)nn1. The molecule has 1 unspecified atom stereocenters. The molecule has 3 rings (SSSR count). The number of hydrogen-bond acceptors (Lipinski definition) is 5. The van der Waals surface area contributed by atoms with Gasteiger partial charge in [0.1, 0.15) is 0 Å². The van der Waals surface area contributed by atoms with Crippen LogP contribution in [-0.4, -0.2) is 44.6 Å². The molecule has 0 bridgehead atoms. The Kier molecular flexibility index (Phi) is 4.05. The van der Waals surface area contributed by atoms with Crippen LogP contribution in [0.4, 0.5) is 0 Å². The van der Waals surface area contributed by atoms with E-state index < -0.39 is 0 Å². The van der Waals surface area contributed by atoms with Gasteiger partial charge in [0.25, 0.3) is 0 Å². The van der Waals surface area contributed by atoms with Crippen molar-refractivity contribution in [3.8, 4) is 0 Å². The highest BCUT2D eigenvalue weighted by atomic mass is 15.4. The maximum Gasteiger partial charge on any atom is 0.0843 e. The molecule has 1 atom stereocenters. The molecule has 1 aliphatic heterocycles. The Morgan fingerprint density at radius 2 is 2.00 bits per heavy atom. The lowest BCUT2D eigenvalue weighted by Crippen LogP contribution is -2.61. The predicted molar refractivity (Wildman–Crippen MR) is 77.8 cm³/mol. The van der Waals surface area contributed by atoms with Gasteiger partial charge in [0.2, 0.25) is 0 Å². The lowest BCUT2D eigenvalue weighted by molar-refractivity contribution is 0.0762. The van der Waals surface area contributed by atoms with E-state index in [1.165, 1.54) is 51.6 Å². The fourth-order valence-corrected chi connectivity index (χ4v) is 4.14. The monoisotopic (exact) mass is 278 g/mol. The normalized spacial score (nSPS) is 24.3. The average Bonchev–Trinajstić information content (AvgIpc) is 3.17. The predicted octanol–water partition coefficient (Wildman–Crippen LogP) is 0.598. The molecular formula is C14H26N6. The summed E-state index contributed by atoms with van der Waals surface area (Å²) in [5, 5.41) is 8.27. The molecule has 1 saturated heterocycles. The summed E-state index contributed by atoms with van der Waals surface area (Å²) in [6.07, 6.45) is 10.6. The highest BCUT2D eigenvalue weighted by Crippen LogP contribution is 2.40. The van der Waals surface area contributed by atoms with Crippen molar-refractivity contribution in [3.63, 3.8) is 0 Å². The summed E-state index contributed by atoms with van der Waals surface area (Å²) in [5.41, 5.74) is 4.35. The Balaban J connectivity index is 1.80. The number of nitrogens with one attached hydrogen (secondary N) is 1. The molecule has 6 nitrogen and oxygen atoms in total. The molecule has 2 fully saturated rings. The van der Waals surface area contributed by atoms with Gasteiger partial charge in [-0.05, 0) is 38.8 Å². The van der Waals surface area contributed by atoms with Crippen molar-refractivity contribution in [2.45, 2.75) is 56.5 Å². The van der Waals surface area contributed by atoms with Crippen LogP contribution in [-0.2, 0) is 13.5 Å². The van der Waals surface area contributed by atoms with Crippen molar-refractivity contribution in [1.29, 1.82) is 0 Å². The zero-order chi connectivity index (χ0) is 14.0. The number of likely N-dealkylation sites (tertiary alicyclic amines) is 1. The van der Waals surface area contributed by atoms with E-state index in [1.54, 1.807) is 4.68 Å². The zero-order valence-electron chi connectivity index (χ0n) is 12.4. The van der Waals surface area contributed by atoms with Gasteiger partial charge in [0.05, 0.1) is 5.69 Å². The molecule has 1 saturated carbocycles. The van der Waals surface area contributed by atoms with Crippen molar-refractivity contribution in [3.05, 3.63) is 11.9 Å². The molecule has 2 heterocycles. The van der Waals surface area contributed by atoms with Crippen LogP contribution in [0.15, 0.2) is 6.20 Å². The Labute approximate surface area is 120 Å². The van der Waals surface area contributed by atoms with E-state index >= 15 is 0 Å². The zero-order valence-corrected chi connectivity index (χ0v) is 12.4. The molecule has 0 amide bonds. The highest BCUT2D eigenvalue weighted by molar-refractivity contribution is 5.09. The average molecular weight is 278 g/mol. The van der Waals surface area contributed by atoms with Crippen LogP contribution >= 0.6 is 0 Å². The number of rotatable bonds is 5. The first-order chi connectivity index (χ1) is 9.74. The van der Waals surface area contributed by atoms with Gasteiger partial charge in [-0.1, -0.05) is 18.1 Å². The summed E-state index contributed by atoms with van der Waals surface area (Å²) in [4.78, 5) is 2.68. The molecule has 3 N–H and O–H groups in total. The number of nitrogens with zero attached hydrogens (tertiary/aromatic N) is 4. The van der Waals surface area contributed by atoms with Gasteiger partial charge >= 0.3 is 0 Å². The van der Waals surface area contributed by atoms with Crippen LogP contribution in [0.3, 0.4) is 0 Å². The van der Waals surface area contributed by atoms with E-state index in [2.05, 4.69) is 20.6 Å². The molecule has 0 spiro atoms. The van der Waals surface area contributed by atoms with Crippen molar-refractivity contribution in [2.75, 3.05) is 13.1 Å². The Morgan fingerprint density at radius 1 is 1.30 bits per heavy atom. The van der Waals surface area contributed by atoms with Crippen LogP contribution < -0.4 is 11.3 Å². The van der Waals surface area contributed by atoms with E-state index in [-0.39, 0.29) is 11.6 Å². The van der Waals surface area contributed by atoms with E-state index in [4.69, 9.17) is 5.84 Å². The molecule has 0 aromatic carbocycles. The van der Waals surface area contributed by atoms with Crippen molar-refractivity contribution in [1.82, 2.24) is 25.3 Å². The first-order valence-corrected chi connectivity index (χ1v) is 7.81. The smallest absolute Gasteiger partial charge is 0.0843 e. The fourth-order valence-electron chi connectivity index (χ4n) is 4.14. The van der Waals surface area contributed by atoms with Gasteiger partial charge in [-0.15, -0.1) is 5.10 Å². The van der Waals surface area contributed by atoms with Crippen LogP contribution in [0.25, 0.3) is 0 Å². The molecule has 1 aromatic rings. The van der Waals surface area contributed by atoms with Gasteiger partial charge in [-0.25, -0.2) is 0 Å². The van der Waals surface area contributed by atoms with Crippen LogP contribution in [0, 0.1) is 0 Å². The molecule has 112 valence electrons. The first-order valence-electron chi connectivity index (χ1n) is 7.81. The van der Waals surface area contributed by atoms with Crippen LogP contribution in [0.5, 0.6) is 0 Å². The fraction of sp³-hybridized carbons (Fsp3) is 0.857. The summed E-state index contributed by atoms with van der Waals surface area (Å²) in [6, 6.07) is 0.264. The third-order valence-electron chi connectivity index (χ3n) is 5.12. The van der Waals surface area contributed by atoms with Crippen molar-refractivity contribution >= 4 is 0 Å². The van der Waals surface area contributed by atoms with E-state index in [9.17, 15) is 0 Å². The molecule has 2 aliphatic rings. The molecule has 1 aromatic heterocycles. The second kappa shape index (κ2) is 5.79. The van der Waals surface area contributed by atoms with Crippen LogP contribution in [0.1, 0.15) is 44.2 Å². The van der Waals surface area contributed by atoms with Gasteiger partial charge < -0.3 is 0 Å². The maximum atomic E-state index is 5.93. The second-order valence-corrected chi connectivity index (χ2v) is 6.31. The minimum absolute atomic E-state index is 0.225. The third-order valence-corrected chi connectivity index (χ3v) is 5.12. The number of hydrogen-bond donors (Lipinski definition) is 2. The minimum Gasteiger partial charge on any atom is -0.296 e. The van der Waals surface area contributed by atoms with E-state index in [0.29, 0.717) is 0 Å². The maximum absolute atomic E-state index is 5.93. The quantitative estimate of drug-likeness (QED) is 0.609.